The van der Waals surface area contributed by atoms with E-state index in [0.29, 0.717) is 0 Å². The van der Waals surface area contributed by atoms with Crippen LogP contribution in [-0.2, 0) is 14.4 Å². The minimum absolute atomic E-state index is 0.159. The molecule has 1 aliphatic rings. The Morgan fingerprint density at radius 3 is 2.40 bits per heavy atom. The lowest BCUT2D eigenvalue weighted by Crippen LogP contribution is -2.28. The van der Waals surface area contributed by atoms with E-state index in [1.807, 2.05) is 0 Å². The maximum absolute atomic E-state index is 10.5. The van der Waals surface area contributed by atoms with E-state index >= 15 is 0 Å². The summed E-state index contributed by atoms with van der Waals surface area (Å²) in [6.45, 7) is 0. The first kappa shape index (κ1) is 6.73. The molecule has 2 N–H and O–H groups in total. The van der Waals surface area contributed by atoms with Gasteiger partial charge >= 0.3 is 0 Å². The van der Waals surface area contributed by atoms with Crippen molar-refractivity contribution in [2.24, 2.45) is 11.7 Å². The van der Waals surface area contributed by atoms with E-state index < -0.39 is 23.6 Å². The van der Waals surface area contributed by atoms with Crippen LogP contribution in [-0.4, -0.2) is 17.7 Å². The third-order valence-electron chi connectivity index (χ3n) is 1.26. The van der Waals surface area contributed by atoms with Crippen molar-refractivity contribution in [3.05, 3.63) is 0 Å². The van der Waals surface area contributed by atoms with Gasteiger partial charge in [0.05, 0.1) is 0 Å². The first-order chi connectivity index (χ1) is 4.61. The predicted molar refractivity (Wildman–Crippen MR) is 29.4 cm³/mol. The third-order valence-corrected chi connectivity index (χ3v) is 1.26. The van der Waals surface area contributed by atoms with Crippen molar-refractivity contribution in [3.8, 4) is 0 Å². The molecular formula is C5H5N2O3. The van der Waals surface area contributed by atoms with Gasteiger partial charge < -0.3 is 5.73 Å². The maximum Gasteiger partial charge on any atom is 0.261 e. The van der Waals surface area contributed by atoms with Gasteiger partial charge in [-0.2, -0.15) is 5.32 Å². The highest BCUT2D eigenvalue weighted by Gasteiger charge is 2.36. The van der Waals surface area contributed by atoms with Crippen molar-refractivity contribution >= 4 is 17.7 Å². The average molecular weight is 141 g/mol. The van der Waals surface area contributed by atoms with Gasteiger partial charge in [-0.15, -0.1) is 0 Å². The summed E-state index contributed by atoms with van der Waals surface area (Å²) in [6.07, 6.45) is -0.159. The van der Waals surface area contributed by atoms with Gasteiger partial charge in [-0.1, -0.05) is 0 Å². The number of imide groups is 1. The lowest BCUT2D eigenvalue weighted by atomic mass is 10.1. The summed E-state index contributed by atoms with van der Waals surface area (Å²) in [5.74, 6) is -3.06. The van der Waals surface area contributed by atoms with Crippen molar-refractivity contribution in [1.29, 1.82) is 0 Å². The Bertz CT molecular complexity index is 211. The first-order valence-electron chi connectivity index (χ1n) is 2.69. The summed E-state index contributed by atoms with van der Waals surface area (Å²) >= 11 is 0. The molecular weight excluding hydrogens is 136 g/mol. The molecule has 0 bridgehead atoms. The van der Waals surface area contributed by atoms with Crippen LogP contribution in [0.25, 0.3) is 0 Å². The highest BCUT2D eigenvalue weighted by molar-refractivity contribution is 6.13. The van der Waals surface area contributed by atoms with Crippen LogP contribution in [0.4, 0.5) is 0 Å². The molecule has 0 saturated carbocycles. The molecule has 5 nitrogen and oxygen atoms in total. The Labute approximate surface area is 56.6 Å². The van der Waals surface area contributed by atoms with Gasteiger partial charge in [0.2, 0.25) is 11.8 Å². The number of nitrogens with two attached hydrogens (primary N) is 1. The Kier molecular flexibility index (Phi) is 1.41. The molecule has 1 fully saturated rings. The van der Waals surface area contributed by atoms with Gasteiger partial charge in [-0.25, -0.2) is 0 Å². The monoisotopic (exact) mass is 141 g/mol. The molecule has 1 rings (SSSR count). The van der Waals surface area contributed by atoms with Gasteiger partial charge in [0.1, 0.15) is 5.92 Å². The van der Waals surface area contributed by atoms with E-state index in [1.165, 1.54) is 0 Å². The SMILES string of the molecule is NC(=O)C1CC(=O)[N]C1=O. The van der Waals surface area contributed by atoms with E-state index in [9.17, 15) is 14.4 Å². The minimum Gasteiger partial charge on any atom is -0.369 e. The second-order valence-corrected chi connectivity index (χ2v) is 2.00. The summed E-state index contributed by atoms with van der Waals surface area (Å²) < 4.78 is 0. The number of amides is 3. The Hall–Kier alpha value is -1.39. The molecule has 0 aliphatic carbocycles. The summed E-state index contributed by atoms with van der Waals surface area (Å²) in [7, 11) is 0. The van der Waals surface area contributed by atoms with Crippen LogP contribution in [0.5, 0.6) is 0 Å². The summed E-state index contributed by atoms with van der Waals surface area (Å²) in [5, 5.41) is 3.01. The molecule has 1 heterocycles. The zero-order valence-corrected chi connectivity index (χ0v) is 5.03. The number of carbonyl (C=O) groups excluding carboxylic acids is 3. The second kappa shape index (κ2) is 2.09. The number of primary amides is 1. The van der Waals surface area contributed by atoms with Gasteiger partial charge in [0.15, 0.2) is 0 Å². The van der Waals surface area contributed by atoms with Crippen LogP contribution in [0.3, 0.4) is 0 Å². The number of carbonyl (C=O) groups is 3. The summed E-state index contributed by atoms with van der Waals surface area (Å²) in [4.78, 5) is 31.3. The van der Waals surface area contributed by atoms with Gasteiger partial charge in [0.25, 0.3) is 5.91 Å². The normalized spacial score (nSPS) is 24.6. The van der Waals surface area contributed by atoms with Gasteiger partial charge in [-0.3, -0.25) is 14.4 Å². The van der Waals surface area contributed by atoms with Crippen LogP contribution in [0.2, 0.25) is 0 Å². The molecule has 0 aromatic heterocycles. The van der Waals surface area contributed by atoms with E-state index in [2.05, 4.69) is 5.32 Å². The Morgan fingerprint density at radius 2 is 2.20 bits per heavy atom. The molecule has 1 unspecified atom stereocenters. The average Bonchev–Trinajstić information content (AvgIpc) is 2.10. The van der Waals surface area contributed by atoms with Crippen molar-refractivity contribution < 1.29 is 14.4 Å². The predicted octanol–water partition coefficient (Wildman–Crippen LogP) is -1.85. The Morgan fingerprint density at radius 1 is 1.60 bits per heavy atom. The Balaban J connectivity index is 2.72. The fourth-order valence-electron chi connectivity index (χ4n) is 0.731. The number of hydrogen-bond acceptors (Lipinski definition) is 3. The number of hydrogen-bond donors (Lipinski definition) is 1. The first-order valence-corrected chi connectivity index (χ1v) is 2.69. The van der Waals surface area contributed by atoms with Crippen LogP contribution < -0.4 is 11.1 Å². The molecule has 1 atom stereocenters. The highest BCUT2D eigenvalue weighted by Crippen LogP contribution is 2.10. The van der Waals surface area contributed by atoms with Gasteiger partial charge in [-0.05, 0) is 0 Å². The van der Waals surface area contributed by atoms with Gasteiger partial charge in [0, 0.05) is 6.42 Å². The van der Waals surface area contributed by atoms with Crippen molar-refractivity contribution in [1.82, 2.24) is 5.32 Å². The van der Waals surface area contributed by atoms with Crippen LogP contribution in [0.1, 0.15) is 6.42 Å². The van der Waals surface area contributed by atoms with E-state index in [4.69, 9.17) is 5.73 Å². The topological polar surface area (TPSA) is 91.3 Å². The molecule has 1 radical (unpaired) electrons. The molecule has 3 amide bonds. The lowest BCUT2D eigenvalue weighted by molar-refractivity contribution is -0.131. The van der Waals surface area contributed by atoms with Crippen molar-refractivity contribution in [3.63, 3.8) is 0 Å². The van der Waals surface area contributed by atoms with Crippen LogP contribution in [0, 0.1) is 5.92 Å². The standard InChI is InChI=1S/C5H5N2O3/c6-4(9)2-1-3(8)7-5(2)10/h2H,1H2,(H2,6,9). The number of rotatable bonds is 1. The van der Waals surface area contributed by atoms with Crippen LogP contribution in [0.15, 0.2) is 0 Å². The molecule has 1 saturated heterocycles. The van der Waals surface area contributed by atoms with E-state index in [-0.39, 0.29) is 6.42 Å². The van der Waals surface area contributed by atoms with E-state index in [0.717, 1.165) is 0 Å². The van der Waals surface area contributed by atoms with E-state index in [1.54, 1.807) is 0 Å². The summed E-state index contributed by atoms with van der Waals surface area (Å²) in [5.41, 5.74) is 4.78. The molecule has 0 spiro atoms. The van der Waals surface area contributed by atoms with Crippen LogP contribution >= 0.6 is 0 Å². The quantitative estimate of drug-likeness (QED) is 0.343. The zero-order chi connectivity index (χ0) is 7.72. The molecule has 5 heteroatoms. The number of nitrogens with zero attached hydrogens (tertiary/aromatic N) is 1. The third kappa shape index (κ3) is 0.975. The minimum atomic E-state index is -1.01. The van der Waals surface area contributed by atoms with Crippen molar-refractivity contribution in [2.75, 3.05) is 0 Å². The fourth-order valence-corrected chi connectivity index (χ4v) is 0.731. The second-order valence-electron chi connectivity index (χ2n) is 2.00. The molecule has 1 aliphatic heterocycles. The maximum atomic E-state index is 10.5. The highest BCUT2D eigenvalue weighted by atomic mass is 16.2. The smallest absolute Gasteiger partial charge is 0.261 e. The van der Waals surface area contributed by atoms with Crippen molar-refractivity contribution in [2.45, 2.75) is 6.42 Å². The molecule has 53 valence electrons. The lowest BCUT2D eigenvalue weighted by Gasteiger charge is -1.94. The fraction of sp³-hybridized carbons (Fsp3) is 0.400. The molecule has 0 aromatic carbocycles. The molecule has 10 heavy (non-hydrogen) atoms. The molecule has 0 aromatic rings. The summed E-state index contributed by atoms with van der Waals surface area (Å²) in [6, 6.07) is 0. The largest absolute Gasteiger partial charge is 0.369 e. The zero-order valence-electron chi connectivity index (χ0n) is 5.03.